The number of benzene rings is 10. The third-order valence-electron chi connectivity index (χ3n) is 12.4. The molecule has 0 N–H and O–H groups in total. The third-order valence-corrected chi connectivity index (χ3v) is 12.4. The molecule has 304 valence electrons. The van der Waals surface area contributed by atoms with Crippen molar-refractivity contribution >= 4 is 32.7 Å². The minimum Gasteiger partial charge on any atom is -0.456 e. The Bertz CT molecular complexity index is 3590. The first kappa shape index (κ1) is 38.0. The van der Waals surface area contributed by atoms with Crippen LogP contribution in [0.15, 0.2) is 241 Å². The maximum absolute atomic E-state index is 6.27. The standard InChI is InChI=1S/C61H39N3O/c1-3-16-42(17-4-1)46-20-7-11-24-53(46)60-62-59(63-61(64-60)54-25-12-8-21-47(54)43-18-5-2-6-19-43)45-36-32-41(33-37-45)40-30-34-44(35-31-40)48-38-39-51(50-23-10-9-22-49(48)50)52-27-15-29-57-58(52)55-26-13-14-28-56(55)65-57/h1-39H. The summed E-state index contributed by atoms with van der Waals surface area (Å²) in [6.07, 6.45) is 0. The van der Waals surface area contributed by atoms with Gasteiger partial charge >= 0.3 is 0 Å². The van der Waals surface area contributed by atoms with Crippen LogP contribution in [0.2, 0.25) is 0 Å². The van der Waals surface area contributed by atoms with E-state index in [0.29, 0.717) is 17.5 Å². The van der Waals surface area contributed by atoms with Crippen molar-refractivity contribution in [3.63, 3.8) is 0 Å². The van der Waals surface area contributed by atoms with Crippen molar-refractivity contribution in [1.82, 2.24) is 15.0 Å². The van der Waals surface area contributed by atoms with Crippen molar-refractivity contribution in [3.05, 3.63) is 237 Å². The summed E-state index contributed by atoms with van der Waals surface area (Å²) in [5, 5.41) is 4.70. The second kappa shape index (κ2) is 16.2. The summed E-state index contributed by atoms with van der Waals surface area (Å²) in [4.78, 5) is 15.6. The highest BCUT2D eigenvalue weighted by atomic mass is 16.3. The lowest BCUT2D eigenvalue weighted by atomic mass is 9.90. The van der Waals surface area contributed by atoms with Crippen LogP contribution in [0.5, 0.6) is 0 Å². The third kappa shape index (κ3) is 6.95. The fraction of sp³-hybridized carbons (Fsp3) is 0. The molecule has 0 fully saturated rings. The van der Waals surface area contributed by atoms with Gasteiger partial charge in [-0.15, -0.1) is 0 Å². The number of rotatable bonds is 8. The van der Waals surface area contributed by atoms with Crippen molar-refractivity contribution in [2.45, 2.75) is 0 Å². The highest BCUT2D eigenvalue weighted by Gasteiger charge is 2.19. The second-order valence-electron chi connectivity index (χ2n) is 16.3. The first-order chi connectivity index (χ1) is 32.2. The van der Waals surface area contributed by atoms with Crippen LogP contribution in [0.3, 0.4) is 0 Å². The van der Waals surface area contributed by atoms with Gasteiger partial charge in [0.1, 0.15) is 11.2 Å². The van der Waals surface area contributed by atoms with Crippen LogP contribution in [0.1, 0.15) is 0 Å². The molecular formula is C61H39N3O. The topological polar surface area (TPSA) is 51.8 Å². The molecule has 0 saturated carbocycles. The quantitative estimate of drug-likeness (QED) is 0.153. The van der Waals surface area contributed by atoms with Gasteiger partial charge in [-0.3, -0.25) is 0 Å². The van der Waals surface area contributed by atoms with Gasteiger partial charge in [0.25, 0.3) is 0 Å². The average molecular weight is 830 g/mol. The Morgan fingerprint density at radius 1 is 0.215 bits per heavy atom. The predicted molar refractivity (Wildman–Crippen MR) is 268 cm³/mol. The summed E-state index contributed by atoms with van der Waals surface area (Å²) in [7, 11) is 0. The molecule has 0 spiro atoms. The Labute approximate surface area is 376 Å². The minimum atomic E-state index is 0.616. The zero-order valence-electron chi connectivity index (χ0n) is 35.3. The monoisotopic (exact) mass is 829 g/mol. The van der Waals surface area contributed by atoms with E-state index in [-0.39, 0.29) is 0 Å². The molecule has 0 amide bonds. The van der Waals surface area contributed by atoms with Crippen LogP contribution in [0, 0.1) is 0 Å². The van der Waals surface area contributed by atoms with Crippen LogP contribution in [0.4, 0.5) is 0 Å². The molecule has 0 saturated heterocycles. The fourth-order valence-electron chi connectivity index (χ4n) is 9.28. The number of para-hydroxylation sites is 1. The van der Waals surface area contributed by atoms with E-state index in [9.17, 15) is 0 Å². The number of fused-ring (bicyclic) bond motifs is 4. The summed E-state index contributed by atoms with van der Waals surface area (Å²) in [6.45, 7) is 0. The van der Waals surface area contributed by atoms with Crippen molar-refractivity contribution in [1.29, 1.82) is 0 Å². The van der Waals surface area contributed by atoms with Crippen molar-refractivity contribution in [3.8, 4) is 89.8 Å². The van der Waals surface area contributed by atoms with Crippen LogP contribution < -0.4 is 0 Å². The molecule has 2 aromatic heterocycles. The molecule has 0 aliphatic rings. The fourth-order valence-corrected chi connectivity index (χ4v) is 9.28. The number of nitrogens with zero attached hydrogens (tertiary/aromatic N) is 3. The van der Waals surface area contributed by atoms with Gasteiger partial charge in [-0.2, -0.15) is 0 Å². The van der Waals surface area contributed by atoms with E-state index in [0.717, 1.165) is 77.6 Å². The van der Waals surface area contributed by atoms with E-state index in [1.165, 1.54) is 27.5 Å². The molecule has 65 heavy (non-hydrogen) atoms. The molecule has 0 aliphatic carbocycles. The molecule has 4 heteroatoms. The molecule has 0 atom stereocenters. The van der Waals surface area contributed by atoms with Crippen LogP contribution >= 0.6 is 0 Å². The van der Waals surface area contributed by atoms with Gasteiger partial charge < -0.3 is 4.42 Å². The SMILES string of the molecule is c1ccc(-c2ccccc2-c2nc(-c3ccc(-c4ccc(-c5ccc(-c6cccc7oc8ccccc8c67)c6ccccc56)cc4)cc3)nc(-c3ccccc3-c3ccccc3)n2)cc1. The zero-order valence-corrected chi connectivity index (χ0v) is 35.3. The Morgan fingerprint density at radius 3 is 1.22 bits per heavy atom. The smallest absolute Gasteiger partial charge is 0.164 e. The summed E-state index contributed by atoms with van der Waals surface area (Å²) >= 11 is 0. The zero-order chi connectivity index (χ0) is 43.1. The number of hydrogen-bond acceptors (Lipinski definition) is 4. The van der Waals surface area contributed by atoms with E-state index >= 15 is 0 Å². The van der Waals surface area contributed by atoms with Crippen LogP contribution in [0.25, 0.3) is 123 Å². The molecule has 4 nitrogen and oxygen atoms in total. The lowest BCUT2D eigenvalue weighted by Crippen LogP contribution is -2.02. The van der Waals surface area contributed by atoms with Gasteiger partial charge in [0.2, 0.25) is 0 Å². The summed E-state index contributed by atoms with van der Waals surface area (Å²) in [6, 6.07) is 82.8. The second-order valence-corrected chi connectivity index (χ2v) is 16.3. The molecule has 10 aromatic carbocycles. The van der Waals surface area contributed by atoms with Crippen molar-refractivity contribution < 1.29 is 4.42 Å². The summed E-state index contributed by atoms with van der Waals surface area (Å²) in [5.74, 6) is 1.87. The highest BCUT2D eigenvalue weighted by Crippen LogP contribution is 2.42. The Balaban J connectivity index is 0.903. The molecular weight excluding hydrogens is 791 g/mol. The number of hydrogen-bond donors (Lipinski definition) is 0. The molecule has 12 rings (SSSR count). The number of aromatic nitrogens is 3. The van der Waals surface area contributed by atoms with E-state index < -0.39 is 0 Å². The highest BCUT2D eigenvalue weighted by molar-refractivity contribution is 6.16. The first-order valence-corrected chi connectivity index (χ1v) is 21.9. The van der Waals surface area contributed by atoms with E-state index in [4.69, 9.17) is 19.4 Å². The maximum Gasteiger partial charge on any atom is 0.164 e. The lowest BCUT2D eigenvalue weighted by Gasteiger charge is -2.14. The predicted octanol–water partition coefficient (Wildman–Crippen LogP) is 16.3. The normalized spacial score (nSPS) is 11.4. The van der Waals surface area contributed by atoms with Gasteiger partial charge in [0.15, 0.2) is 17.5 Å². The Hall–Kier alpha value is -8.73. The average Bonchev–Trinajstić information content (AvgIpc) is 3.78. The van der Waals surface area contributed by atoms with E-state index in [2.05, 4.69) is 200 Å². The maximum atomic E-state index is 6.27. The van der Waals surface area contributed by atoms with Crippen molar-refractivity contribution in [2.24, 2.45) is 0 Å². The van der Waals surface area contributed by atoms with Crippen LogP contribution in [-0.2, 0) is 0 Å². The summed E-state index contributed by atoms with van der Waals surface area (Å²) < 4.78 is 6.27. The van der Waals surface area contributed by atoms with Gasteiger partial charge in [-0.05, 0) is 78.5 Å². The van der Waals surface area contributed by atoms with Gasteiger partial charge in [-0.1, -0.05) is 224 Å². The lowest BCUT2D eigenvalue weighted by molar-refractivity contribution is 0.669. The molecule has 0 unspecified atom stereocenters. The van der Waals surface area contributed by atoms with Crippen LogP contribution in [-0.4, -0.2) is 15.0 Å². The minimum absolute atomic E-state index is 0.616. The Morgan fingerprint density at radius 2 is 0.615 bits per heavy atom. The van der Waals surface area contributed by atoms with Gasteiger partial charge in [0, 0.05) is 27.5 Å². The number of furan rings is 1. The molecule has 0 radical (unpaired) electrons. The van der Waals surface area contributed by atoms with E-state index in [1.807, 2.05) is 36.4 Å². The molecule has 12 aromatic rings. The molecule has 0 aliphatic heterocycles. The first-order valence-electron chi connectivity index (χ1n) is 21.9. The summed E-state index contributed by atoms with van der Waals surface area (Å²) in [5.41, 5.74) is 15.9. The van der Waals surface area contributed by atoms with Gasteiger partial charge in [-0.25, -0.2) is 15.0 Å². The Kier molecular flexibility index (Phi) is 9.46. The largest absolute Gasteiger partial charge is 0.456 e. The van der Waals surface area contributed by atoms with Gasteiger partial charge in [0.05, 0.1) is 0 Å². The van der Waals surface area contributed by atoms with Crippen molar-refractivity contribution in [2.75, 3.05) is 0 Å². The van der Waals surface area contributed by atoms with E-state index in [1.54, 1.807) is 0 Å². The molecule has 2 heterocycles. The molecule has 0 bridgehead atoms.